The van der Waals surface area contributed by atoms with Gasteiger partial charge in [0.2, 0.25) is 11.8 Å². The second-order valence-electron chi connectivity index (χ2n) is 11.3. The number of carbonyl (C=O) groups excluding carboxylic acids is 4. The van der Waals surface area contributed by atoms with E-state index in [9.17, 15) is 23.6 Å². The lowest BCUT2D eigenvalue weighted by molar-refractivity contribution is -0.122. The number of hydrogen-bond acceptors (Lipinski definition) is 6. The second kappa shape index (κ2) is 10.9. The summed E-state index contributed by atoms with van der Waals surface area (Å²) in [5, 5.41) is 0.583. The number of ether oxygens (including phenoxy) is 1. The molecule has 1 aromatic heterocycles. The third kappa shape index (κ3) is 5.09. The third-order valence-corrected chi connectivity index (χ3v) is 8.29. The van der Waals surface area contributed by atoms with Crippen molar-refractivity contribution in [3.63, 3.8) is 0 Å². The SMILES string of the molecule is Cc1ccc2nc(-c3ccc(N4C(=O)[C@@H]5CC[C@H](C)C[C@H]5C4=O)cc3)cc(C(=O)OCC(=O)c3ccc(F)cc3)c2c1. The van der Waals surface area contributed by atoms with Gasteiger partial charge in [-0.05, 0) is 86.7 Å². The monoisotopic (exact) mass is 564 g/mol. The maximum Gasteiger partial charge on any atom is 0.339 e. The summed E-state index contributed by atoms with van der Waals surface area (Å²) in [6.07, 6.45) is 2.42. The van der Waals surface area contributed by atoms with Crippen molar-refractivity contribution in [2.75, 3.05) is 11.5 Å². The maximum atomic E-state index is 13.2. The number of esters is 1. The van der Waals surface area contributed by atoms with E-state index in [1.807, 2.05) is 25.1 Å². The molecule has 7 nitrogen and oxygen atoms in total. The standard InChI is InChI=1S/C34H29FN2O5/c1-19-3-13-25-27(16-19)33(40)37(32(25)39)24-11-7-21(8-12-24)30-17-28(26-15-20(2)4-14-29(26)36-30)34(41)42-18-31(38)22-5-9-23(35)10-6-22/h4-12,14-15,17,19,25,27H,3,13,16,18H2,1-2H3/t19-,25+,27+/m0/s1. The van der Waals surface area contributed by atoms with Crippen molar-refractivity contribution in [2.45, 2.75) is 33.1 Å². The van der Waals surface area contributed by atoms with E-state index in [1.165, 1.54) is 29.2 Å². The minimum atomic E-state index is -0.688. The topological polar surface area (TPSA) is 93.6 Å². The summed E-state index contributed by atoms with van der Waals surface area (Å²) >= 11 is 0. The van der Waals surface area contributed by atoms with Crippen LogP contribution in [0.3, 0.4) is 0 Å². The number of nitrogens with zero attached hydrogens (tertiary/aromatic N) is 2. The number of aromatic nitrogens is 1. The van der Waals surface area contributed by atoms with E-state index in [2.05, 4.69) is 6.92 Å². The van der Waals surface area contributed by atoms with Crippen LogP contribution in [0, 0.1) is 30.5 Å². The summed E-state index contributed by atoms with van der Waals surface area (Å²) in [4.78, 5) is 58.1. The highest BCUT2D eigenvalue weighted by Gasteiger charge is 2.49. The first-order chi connectivity index (χ1) is 20.2. The van der Waals surface area contributed by atoms with E-state index in [4.69, 9.17) is 9.72 Å². The van der Waals surface area contributed by atoms with Crippen LogP contribution < -0.4 is 4.90 Å². The molecule has 42 heavy (non-hydrogen) atoms. The van der Waals surface area contributed by atoms with Crippen LogP contribution >= 0.6 is 0 Å². The number of halogens is 1. The van der Waals surface area contributed by atoms with Crippen molar-refractivity contribution >= 4 is 40.2 Å². The van der Waals surface area contributed by atoms with Crippen LogP contribution in [0.4, 0.5) is 10.1 Å². The molecule has 0 radical (unpaired) electrons. The highest BCUT2D eigenvalue weighted by atomic mass is 19.1. The molecule has 2 heterocycles. The molecule has 1 aliphatic carbocycles. The molecule has 8 heteroatoms. The number of fused-ring (bicyclic) bond motifs is 2. The quantitative estimate of drug-likeness (QED) is 0.155. The Balaban J connectivity index is 1.27. The summed E-state index contributed by atoms with van der Waals surface area (Å²) in [5.74, 6) is -1.95. The molecule has 1 aliphatic heterocycles. The van der Waals surface area contributed by atoms with Crippen LogP contribution in [-0.4, -0.2) is 35.2 Å². The number of anilines is 1. The van der Waals surface area contributed by atoms with Gasteiger partial charge in [0.25, 0.3) is 0 Å². The average molecular weight is 565 g/mol. The summed E-state index contributed by atoms with van der Waals surface area (Å²) < 4.78 is 18.6. The van der Waals surface area contributed by atoms with E-state index in [-0.39, 0.29) is 34.8 Å². The van der Waals surface area contributed by atoms with Gasteiger partial charge in [-0.15, -0.1) is 0 Å². The zero-order chi connectivity index (χ0) is 29.5. The highest BCUT2D eigenvalue weighted by molar-refractivity contribution is 6.22. The molecule has 3 atom stereocenters. The second-order valence-corrected chi connectivity index (χ2v) is 11.3. The molecular weight excluding hydrogens is 535 g/mol. The van der Waals surface area contributed by atoms with Crippen LogP contribution in [0.15, 0.2) is 72.8 Å². The summed E-state index contributed by atoms with van der Waals surface area (Å²) in [7, 11) is 0. The van der Waals surface area contributed by atoms with Crippen LogP contribution in [0.2, 0.25) is 0 Å². The van der Waals surface area contributed by atoms with Crippen LogP contribution in [0.25, 0.3) is 22.2 Å². The van der Waals surface area contributed by atoms with Gasteiger partial charge in [-0.2, -0.15) is 0 Å². The van der Waals surface area contributed by atoms with Gasteiger partial charge in [-0.3, -0.25) is 19.3 Å². The Morgan fingerprint density at radius 3 is 2.38 bits per heavy atom. The molecule has 2 fully saturated rings. The number of pyridine rings is 1. The molecule has 4 aromatic rings. The number of Topliss-reactive ketones (excluding diaryl/α,β-unsaturated/α-hetero) is 1. The van der Waals surface area contributed by atoms with Crippen molar-refractivity contribution in [1.82, 2.24) is 4.98 Å². The number of carbonyl (C=O) groups is 4. The Hall–Kier alpha value is -4.72. The van der Waals surface area contributed by atoms with E-state index in [0.29, 0.717) is 33.8 Å². The van der Waals surface area contributed by atoms with Gasteiger partial charge in [0.1, 0.15) is 5.82 Å². The Morgan fingerprint density at radius 2 is 1.64 bits per heavy atom. The normalized spacial score (nSPS) is 20.1. The van der Waals surface area contributed by atoms with Gasteiger partial charge in [-0.1, -0.05) is 30.7 Å². The largest absolute Gasteiger partial charge is 0.454 e. The first kappa shape index (κ1) is 27.4. The number of hydrogen-bond donors (Lipinski definition) is 0. The fraction of sp³-hybridized carbons (Fsp3) is 0.265. The minimum Gasteiger partial charge on any atom is -0.454 e. The Labute approximate surface area is 242 Å². The molecule has 0 spiro atoms. The third-order valence-electron chi connectivity index (χ3n) is 8.29. The van der Waals surface area contributed by atoms with E-state index >= 15 is 0 Å². The number of ketones is 1. The van der Waals surface area contributed by atoms with Crippen molar-refractivity contribution in [2.24, 2.45) is 17.8 Å². The van der Waals surface area contributed by atoms with Gasteiger partial charge in [0.05, 0.1) is 34.3 Å². The molecule has 1 saturated heterocycles. The van der Waals surface area contributed by atoms with Crippen molar-refractivity contribution in [3.05, 3.63) is 95.3 Å². The van der Waals surface area contributed by atoms with Gasteiger partial charge in [0, 0.05) is 16.5 Å². The molecule has 0 N–H and O–H groups in total. The lowest BCUT2D eigenvalue weighted by Crippen LogP contribution is -2.30. The smallest absolute Gasteiger partial charge is 0.339 e. The van der Waals surface area contributed by atoms with Crippen molar-refractivity contribution < 1.29 is 28.3 Å². The first-order valence-electron chi connectivity index (χ1n) is 14.0. The van der Waals surface area contributed by atoms with E-state index < -0.39 is 24.2 Å². The van der Waals surface area contributed by atoms with E-state index in [0.717, 1.165) is 24.8 Å². The number of imide groups is 1. The lowest BCUT2D eigenvalue weighted by Gasteiger charge is -2.25. The minimum absolute atomic E-state index is 0.135. The predicted molar refractivity (Wildman–Crippen MR) is 155 cm³/mol. The fourth-order valence-corrected chi connectivity index (χ4v) is 6.01. The summed E-state index contributed by atoms with van der Waals surface area (Å²) in [6.45, 7) is 3.52. The Bertz CT molecular complexity index is 1730. The van der Waals surface area contributed by atoms with E-state index in [1.54, 1.807) is 30.3 Å². The molecule has 2 amide bonds. The van der Waals surface area contributed by atoms with Crippen LogP contribution in [-0.2, 0) is 14.3 Å². The molecule has 1 saturated carbocycles. The molecule has 212 valence electrons. The molecular formula is C34H29FN2O5. The van der Waals surface area contributed by atoms with Crippen LogP contribution in [0.1, 0.15) is 52.5 Å². The molecule has 2 aliphatic rings. The van der Waals surface area contributed by atoms with Crippen molar-refractivity contribution in [3.8, 4) is 11.3 Å². The number of amides is 2. The van der Waals surface area contributed by atoms with Gasteiger partial charge >= 0.3 is 5.97 Å². The Kier molecular flexibility index (Phi) is 7.14. The average Bonchev–Trinajstić information content (AvgIpc) is 3.24. The molecule has 6 rings (SSSR count). The maximum absolute atomic E-state index is 13.2. The zero-order valence-electron chi connectivity index (χ0n) is 23.3. The van der Waals surface area contributed by atoms with Gasteiger partial charge < -0.3 is 4.74 Å². The van der Waals surface area contributed by atoms with Crippen molar-refractivity contribution in [1.29, 1.82) is 0 Å². The first-order valence-corrected chi connectivity index (χ1v) is 14.0. The van der Waals surface area contributed by atoms with Gasteiger partial charge in [-0.25, -0.2) is 14.2 Å². The number of rotatable bonds is 6. The van der Waals surface area contributed by atoms with Crippen LogP contribution in [0.5, 0.6) is 0 Å². The fourth-order valence-electron chi connectivity index (χ4n) is 6.01. The lowest BCUT2D eigenvalue weighted by atomic mass is 9.76. The predicted octanol–water partition coefficient (Wildman–Crippen LogP) is 6.31. The highest BCUT2D eigenvalue weighted by Crippen LogP contribution is 2.42. The molecule has 3 aromatic carbocycles. The summed E-state index contributed by atoms with van der Waals surface area (Å²) in [6, 6.07) is 19.2. The Morgan fingerprint density at radius 1 is 0.929 bits per heavy atom. The summed E-state index contributed by atoms with van der Waals surface area (Å²) in [5.41, 5.74) is 3.68. The molecule has 0 bridgehead atoms. The molecule has 0 unspecified atom stereocenters. The zero-order valence-corrected chi connectivity index (χ0v) is 23.3. The number of benzene rings is 3. The van der Waals surface area contributed by atoms with Gasteiger partial charge in [0.15, 0.2) is 12.4 Å². The number of aryl methyl sites for hydroxylation is 1.